The molecule has 0 atom stereocenters. The van der Waals surface area contributed by atoms with Gasteiger partial charge in [-0.25, -0.2) is 4.79 Å². The number of carbonyl (C=O) groups is 1. The van der Waals surface area contributed by atoms with Crippen LogP contribution < -0.4 is 10.1 Å². The highest BCUT2D eigenvalue weighted by Gasteiger charge is 2.24. The molecule has 0 unspecified atom stereocenters. The zero-order valence-electron chi connectivity index (χ0n) is 15.0. The van der Waals surface area contributed by atoms with Gasteiger partial charge in [0.15, 0.2) is 17.1 Å². The topological polar surface area (TPSA) is 87.8 Å². The fraction of sp³-hybridized carbons (Fsp3) is 0.474. The lowest BCUT2D eigenvalue weighted by Gasteiger charge is -2.19. The van der Waals surface area contributed by atoms with Crippen molar-refractivity contribution in [3.8, 4) is 17.1 Å². The van der Waals surface area contributed by atoms with Gasteiger partial charge < -0.3 is 24.6 Å². The predicted octanol–water partition coefficient (Wildman–Crippen LogP) is 3.34. The Balaban J connectivity index is 1.69. The molecule has 140 valence electrons. The molecule has 1 saturated heterocycles. The first-order chi connectivity index (χ1) is 12.7. The molecule has 0 saturated carbocycles. The Hall–Kier alpha value is -2.54. The molecule has 0 aliphatic carbocycles. The van der Waals surface area contributed by atoms with Crippen molar-refractivity contribution in [2.24, 2.45) is 0 Å². The van der Waals surface area contributed by atoms with E-state index in [-0.39, 0.29) is 17.1 Å². The molecular weight excluding hydrogens is 334 g/mol. The van der Waals surface area contributed by atoms with E-state index in [4.69, 9.17) is 9.26 Å². The Morgan fingerprint density at radius 2 is 1.92 bits per heavy atom. The minimum atomic E-state index is -1.06. The second kappa shape index (κ2) is 8.71. The van der Waals surface area contributed by atoms with E-state index in [1.807, 2.05) is 0 Å². The summed E-state index contributed by atoms with van der Waals surface area (Å²) in [6, 6.07) is 7.03. The number of nitrogens with one attached hydrogen (secondary N) is 1. The number of likely N-dealkylation sites (tertiary alicyclic amines) is 1. The van der Waals surface area contributed by atoms with E-state index in [0.717, 1.165) is 19.6 Å². The molecular formula is C19H25N3O4. The Bertz CT molecular complexity index is 719. The van der Waals surface area contributed by atoms with E-state index < -0.39 is 5.97 Å². The molecule has 7 nitrogen and oxygen atoms in total. The van der Waals surface area contributed by atoms with Gasteiger partial charge in [0, 0.05) is 18.7 Å². The molecule has 1 aliphatic heterocycles. The third-order valence-electron chi connectivity index (χ3n) is 4.68. The number of benzene rings is 1. The highest BCUT2D eigenvalue weighted by atomic mass is 16.5. The summed E-state index contributed by atoms with van der Waals surface area (Å²) in [6.45, 7) is 3.70. The number of nitrogens with zero attached hydrogens (tertiary/aromatic N) is 2. The van der Waals surface area contributed by atoms with Gasteiger partial charge in [0.05, 0.1) is 7.11 Å². The third kappa shape index (κ3) is 4.35. The molecule has 0 spiro atoms. The van der Waals surface area contributed by atoms with Crippen LogP contribution in [0.3, 0.4) is 0 Å². The second-order valence-electron chi connectivity index (χ2n) is 6.45. The number of carboxylic acids is 1. The average Bonchev–Trinajstić information content (AvgIpc) is 2.90. The zero-order valence-corrected chi connectivity index (χ0v) is 15.0. The molecule has 1 aromatic carbocycles. The second-order valence-corrected chi connectivity index (χ2v) is 6.45. The maximum absolute atomic E-state index is 11.7. The maximum Gasteiger partial charge on any atom is 0.343 e. The normalized spacial score (nSPS) is 15.4. The maximum atomic E-state index is 11.7. The zero-order chi connectivity index (χ0) is 18.4. The summed E-state index contributed by atoms with van der Waals surface area (Å²) in [6.07, 6.45) is 5.04. The van der Waals surface area contributed by atoms with Crippen molar-refractivity contribution in [2.45, 2.75) is 25.7 Å². The van der Waals surface area contributed by atoms with E-state index in [9.17, 15) is 9.90 Å². The minimum absolute atomic E-state index is 0.0611. The van der Waals surface area contributed by atoms with Gasteiger partial charge in [0.25, 0.3) is 0 Å². The molecule has 1 aliphatic rings. The first-order valence-electron chi connectivity index (χ1n) is 9.02. The fourth-order valence-electron chi connectivity index (χ4n) is 3.24. The summed E-state index contributed by atoms with van der Waals surface area (Å²) in [5.41, 5.74) is 0.710. The molecule has 0 bridgehead atoms. The average molecular weight is 359 g/mol. The van der Waals surface area contributed by atoms with Crippen LogP contribution in [0.4, 0.5) is 5.82 Å². The van der Waals surface area contributed by atoms with Crippen LogP contribution in [0.25, 0.3) is 11.3 Å². The molecule has 1 fully saturated rings. The van der Waals surface area contributed by atoms with Crippen LogP contribution in [0, 0.1) is 0 Å². The van der Waals surface area contributed by atoms with Crippen LogP contribution in [-0.4, -0.2) is 54.4 Å². The largest absolute Gasteiger partial charge is 0.497 e. The number of methoxy groups -OCH3 is 1. The first-order valence-corrected chi connectivity index (χ1v) is 9.02. The van der Waals surface area contributed by atoms with Gasteiger partial charge in [-0.3, -0.25) is 0 Å². The van der Waals surface area contributed by atoms with E-state index in [2.05, 4.69) is 15.4 Å². The standard InChI is InChI=1S/C19H25N3O4/c1-25-15-8-6-14(7-9-15)17-16(19(23)24)18(21-26-17)20-10-13-22-11-4-2-3-5-12-22/h6-9H,2-5,10-13H2,1H3,(H,20,21)(H,23,24). The van der Waals surface area contributed by atoms with Gasteiger partial charge in [0.1, 0.15) is 5.75 Å². The molecule has 2 heterocycles. The van der Waals surface area contributed by atoms with E-state index in [1.165, 1.54) is 25.7 Å². The van der Waals surface area contributed by atoms with Gasteiger partial charge >= 0.3 is 5.97 Å². The third-order valence-corrected chi connectivity index (χ3v) is 4.68. The van der Waals surface area contributed by atoms with Crippen molar-refractivity contribution in [3.05, 3.63) is 29.8 Å². The monoisotopic (exact) mass is 359 g/mol. The van der Waals surface area contributed by atoms with Crippen molar-refractivity contribution in [1.29, 1.82) is 0 Å². The van der Waals surface area contributed by atoms with Crippen LogP contribution >= 0.6 is 0 Å². The van der Waals surface area contributed by atoms with Crippen molar-refractivity contribution in [1.82, 2.24) is 10.1 Å². The Labute approximate surface area is 152 Å². The van der Waals surface area contributed by atoms with Crippen molar-refractivity contribution in [3.63, 3.8) is 0 Å². The molecule has 0 amide bonds. The summed E-state index contributed by atoms with van der Waals surface area (Å²) in [5, 5.41) is 16.7. The number of hydrogen-bond acceptors (Lipinski definition) is 6. The minimum Gasteiger partial charge on any atom is -0.497 e. The highest BCUT2D eigenvalue weighted by Crippen LogP contribution is 2.30. The van der Waals surface area contributed by atoms with Crippen LogP contribution in [0.5, 0.6) is 5.75 Å². The number of rotatable bonds is 7. The van der Waals surface area contributed by atoms with Crippen molar-refractivity contribution >= 4 is 11.8 Å². The SMILES string of the molecule is COc1ccc(-c2onc(NCCN3CCCCCC3)c2C(=O)O)cc1. The van der Waals surface area contributed by atoms with Gasteiger partial charge in [0.2, 0.25) is 0 Å². The van der Waals surface area contributed by atoms with Crippen LogP contribution in [-0.2, 0) is 0 Å². The quantitative estimate of drug-likeness (QED) is 0.784. The van der Waals surface area contributed by atoms with E-state index >= 15 is 0 Å². The summed E-state index contributed by atoms with van der Waals surface area (Å²) in [5.74, 6) is 0.158. The van der Waals surface area contributed by atoms with Crippen molar-refractivity contribution in [2.75, 3.05) is 38.6 Å². The molecule has 7 heteroatoms. The summed E-state index contributed by atoms with van der Waals surface area (Å²) in [7, 11) is 1.58. The van der Waals surface area contributed by atoms with Crippen LogP contribution in [0.1, 0.15) is 36.0 Å². The lowest BCUT2D eigenvalue weighted by molar-refractivity contribution is 0.0698. The number of anilines is 1. The van der Waals surface area contributed by atoms with Crippen molar-refractivity contribution < 1.29 is 19.2 Å². The van der Waals surface area contributed by atoms with Gasteiger partial charge in [-0.2, -0.15) is 0 Å². The Kier molecular flexibility index (Phi) is 6.12. The fourth-order valence-corrected chi connectivity index (χ4v) is 3.24. The lowest BCUT2D eigenvalue weighted by Crippen LogP contribution is -2.30. The Morgan fingerprint density at radius 3 is 2.54 bits per heavy atom. The number of aromatic carboxylic acids is 1. The van der Waals surface area contributed by atoms with E-state index in [0.29, 0.717) is 17.9 Å². The van der Waals surface area contributed by atoms with Crippen LogP contribution in [0.15, 0.2) is 28.8 Å². The Morgan fingerprint density at radius 1 is 1.23 bits per heavy atom. The number of aromatic nitrogens is 1. The highest BCUT2D eigenvalue weighted by molar-refractivity contribution is 5.99. The molecule has 1 aromatic heterocycles. The number of carboxylic acid groups (broad SMARTS) is 1. The summed E-state index contributed by atoms with van der Waals surface area (Å²) < 4.78 is 10.5. The molecule has 0 radical (unpaired) electrons. The molecule has 26 heavy (non-hydrogen) atoms. The first kappa shape index (κ1) is 18.3. The van der Waals surface area contributed by atoms with Gasteiger partial charge in [-0.05, 0) is 50.2 Å². The molecule has 3 rings (SSSR count). The van der Waals surface area contributed by atoms with E-state index in [1.54, 1.807) is 31.4 Å². The number of hydrogen-bond donors (Lipinski definition) is 2. The summed E-state index contributed by atoms with van der Waals surface area (Å²) >= 11 is 0. The van der Waals surface area contributed by atoms with Gasteiger partial charge in [-0.1, -0.05) is 18.0 Å². The smallest absolute Gasteiger partial charge is 0.343 e. The van der Waals surface area contributed by atoms with Crippen LogP contribution in [0.2, 0.25) is 0 Å². The lowest BCUT2D eigenvalue weighted by atomic mass is 10.1. The summed E-state index contributed by atoms with van der Waals surface area (Å²) in [4.78, 5) is 14.1. The predicted molar refractivity (Wildman–Crippen MR) is 98.8 cm³/mol. The van der Waals surface area contributed by atoms with Gasteiger partial charge in [-0.15, -0.1) is 0 Å². The molecule has 2 aromatic rings. The molecule has 2 N–H and O–H groups in total. The number of ether oxygens (including phenoxy) is 1.